The van der Waals surface area contributed by atoms with Crippen LogP contribution in [0.1, 0.15) is 40.5 Å². The van der Waals surface area contributed by atoms with E-state index < -0.39 is 8.32 Å². The van der Waals surface area contributed by atoms with Crippen LogP contribution in [0.3, 0.4) is 0 Å². The Hall–Kier alpha value is -0.373. The molecule has 0 radical (unpaired) electrons. The molecule has 0 spiro atoms. The quantitative estimate of drug-likeness (QED) is 0.604. The number of carbonyl (C=O) groups is 2. The Morgan fingerprint density at radius 2 is 2.09 bits per heavy atom. The fourth-order valence-corrected chi connectivity index (χ4v) is 5.29. The Morgan fingerprint density at radius 3 is 2.57 bits per heavy atom. The van der Waals surface area contributed by atoms with Gasteiger partial charge in [0.15, 0.2) is 8.32 Å². The lowest BCUT2D eigenvalue weighted by molar-refractivity contribution is -0.136. The first-order chi connectivity index (χ1) is 10.5. The third-order valence-corrected chi connectivity index (χ3v) is 10.9. The largest absolute Gasteiger partial charge is 0.413 e. The maximum Gasteiger partial charge on any atom is 0.229 e. The third-order valence-electron chi connectivity index (χ3n) is 5.14. The molecule has 1 N–H and O–H groups in total. The van der Waals surface area contributed by atoms with E-state index in [1.807, 2.05) is 6.92 Å². The van der Waals surface area contributed by atoms with Gasteiger partial charge in [0.1, 0.15) is 6.10 Å². The molecule has 2 saturated heterocycles. The molecule has 0 aromatic rings. The summed E-state index contributed by atoms with van der Waals surface area (Å²) in [5.41, 5.74) is 0. The van der Waals surface area contributed by atoms with E-state index in [0.29, 0.717) is 6.61 Å². The minimum Gasteiger partial charge on any atom is -0.413 e. The molecular formula is C16H29NO4SSi. The molecule has 132 valence electrons. The van der Waals surface area contributed by atoms with Crippen molar-refractivity contribution >= 4 is 31.1 Å². The summed E-state index contributed by atoms with van der Waals surface area (Å²) in [6, 6.07) is 0. The second kappa shape index (κ2) is 6.86. The summed E-state index contributed by atoms with van der Waals surface area (Å²) >= 11 is 1.20. The van der Waals surface area contributed by atoms with Crippen molar-refractivity contribution in [3.63, 3.8) is 0 Å². The SMILES string of the molecule is C[C@@H](O[Si](C)(C)C(C)(C)C)[C@H]1C(=O)N[C@@H]1SC(=O)[C@H]1CCCO1. The number of thioether (sulfide) groups is 1. The zero-order valence-electron chi connectivity index (χ0n) is 15.0. The van der Waals surface area contributed by atoms with E-state index in [1.54, 1.807) is 0 Å². The second-order valence-corrected chi connectivity index (χ2v) is 13.9. The van der Waals surface area contributed by atoms with Crippen LogP contribution in [0.5, 0.6) is 0 Å². The fourth-order valence-electron chi connectivity index (χ4n) is 2.61. The number of rotatable bonds is 5. The first-order valence-corrected chi connectivity index (χ1v) is 12.1. The molecule has 0 aromatic heterocycles. The van der Waals surface area contributed by atoms with Crippen LogP contribution >= 0.6 is 11.8 Å². The molecule has 2 aliphatic heterocycles. The average molecular weight is 360 g/mol. The zero-order valence-corrected chi connectivity index (χ0v) is 16.8. The molecule has 2 aliphatic rings. The van der Waals surface area contributed by atoms with E-state index in [1.165, 1.54) is 11.8 Å². The predicted octanol–water partition coefficient (Wildman–Crippen LogP) is 2.91. The minimum atomic E-state index is -1.94. The van der Waals surface area contributed by atoms with Crippen molar-refractivity contribution in [2.24, 2.45) is 5.92 Å². The highest BCUT2D eigenvalue weighted by atomic mass is 32.2. The molecule has 23 heavy (non-hydrogen) atoms. The van der Waals surface area contributed by atoms with Crippen LogP contribution in [0.15, 0.2) is 0 Å². The highest BCUT2D eigenvalue weighted by molar-refractivity contribution is 8.14. The lowest BCUT2D eigenvalue weighted by Crippen LogP contribution is -2.62. The number of hydrogen-bond donors (Lipinski definition) is 1. The Kier molecular flexibility index (Phi) is 5.65. The fraction of sp³-hybridized carbons (Fsp3) is 0.875. The van der Waals surface area contributed by atoms with E-state index in [4.69, 9.17) is 9.16 Å². The van der Waals surface area contributed by atoms with E-state index in [2.05, 4.69) is 39.2 Å². The van der Waals surface area contributed by atoms with E-state index in [0.717, 1.165) is 12.8 Å². The van der Waals surface area contributed by atoms with Gasteiger partial charge in [-0.15, -0.1) is 0 Å². The van der Waals surface area contributed by atoms with Crippen LogP contribution in [-0.4, -0.2) is 43.5 Å². The first kappa shape index (κ1) is 19.0. The molecule has 2 heterocycles. The van der Waals surface area contributed by atoms with Crippen LogP contribution in [-0.2, 0) is 18.8 Å². The van der Waals surface area contributed by atoms with Crippen LogP contribution in [0.4, 0.5) is 0 Å². The first-order valence-electron chi connectivity index (χ1n) is 8.33. The van der Waals surface area contributed by atoms with Crippen molar-refractivity contribution in [2.45, 2.75) is 76.3 Å². The van der Waals surface area contributed by atoms with Crippen molar-refractivity contribution in [3.05, 3.63) is 0 Å². The van der Waals surface area contributed by atoms with Gasteiger partial charge in [-0.1, -0.05) is 32.5 Å². The summed E-state index contributed by atoms with van der Waals surface area (Å²) in [5.74, 6) is -0.284. The monoisotopic (exact) mass is 359 g/mol. The maximum atomic E-state index is 12.2. The molecule has 4 atom stereocenters. The number of hydrogen-bond acceptors (Lipinski definition) is 5. The second-order valence-electron chi connectivity index (χ2n) is 7.98. The van der Waals surface area contributed by atoms with Crippen molar-refractivity contribution in [2.75, 3.05) is 6.61 Å². The normalized spacial score (nSPS) is 29.8. The molecule has 2 fully saturated rings. The van der Waals surface area contributed by atoms with Gasteiger partial charge in [0.2, 0.25) is 11.0 Å². The molecule has 2 rings (SSSR count). The van der Waals surface area contributed by atoms with Gasteiger partial charge in [-0.2, -0.15) is 0 Å². The van der Waals surface area contributed by atoms with Gasteiger partial charge in [-0.05, 0) is 37.9 Å². The summed E-state index contributed by atoms with van der Waals surface area (Å²) in [7, 11) is -1.94. The van der Waals surface area contributed by atoms with Gasteiger partial charge in [0, 0.05) is 6.61 Å². The van der Waals surface area contributed by atoms with E-state index in [-0.39, 0.29) is 39.6 Å². The molecule has 1 amide bonds. The van der Waals surface area contributed by atoms with Gasteiger partial charge >= 0.3 is 0 Å². The van der Waals surface area contributed by atoms with Gasteiger partial charge in [-0.3, -0.25) is 9.59 Å². The number of nitrogens with one attached hydrogen (secondary N) is 1. The maximum absolute atomic E-state index is 12.2. The third kappa shape index (κ3) is 4.18. The molecule has 0 saturated carbocycles. The summed E-state index contributed by atoms with van der Waals surface area (Å²) in [4.78, 5) is 24.2. The topological polar surface area (TPSA) is 64.6 Å². The van der Waals surface area contributed by atoms with Gasteiger partial charge in [-0.25, -0.2) is 0 Å². The number of ether oxygens (including phenoxy) is 1. The number of amides is 1. The molecular weight excluding hydrogens is 330 g/mol. The average Bonchev–Trinajstić information content (AvgIpc) is 2.89. The van der Waals surface area contributed by atoms with Crippen LogP contribution in [0.2, 0.25) is 18.1 Å². The highest BCUT2D eigenvalue weighted by Crippen LogP contribution is 2.40. The van der Waals surface area contributed by atoms with Crippen molar-refractivity contribution in [3.8, 4) is 0 Å². The molecule has 0 aromatic carbocycles. The smallest absolute Gasteiger partial charge is 0.229 e. The van der Waals surface area contributed by atoms with Gasteiger partial charge in [0.25, 0.3) is 0 Å². The summed E-state index contributed by atoms with van der Waals surface area (Å²) in [6.45, 7) is 13.5. The number of carbonyl (C=O) groups excluding carboxylic acids is 2. The lowest BCUT2D eigenvalue weighted by atomic mass is 9.96. The summed E-state index contributed by atoms with van der Waals surface area (Å²) in [6.07, 6.45) is 1.23. The Morgan fingerprint density at radius 1 is 1.43 bits per heavy atom. The summed E-state index contributed by atoms with van der Waals surface area (Å²) < 4.78 is 11.8. The van der Waals surface area contributed by atoms with Crippen molar-refractivity contribution < 1.29 is 18.8 Å². The molecule has 0 aliphatic carbocycles. The molecule has 0 unspecified atom stereocenters. The van der Waals surface area contributed by atoms with E-state index in [9.17, 15) is 9.59 Å². The van der Waals surface area contributed by atoms with Crippen molar-refractivity contribution in [1.82, 2.24) is 5.32 Å². The van der Waals surface area contributed by atoms with Crippen LogP contribution in [0.25, 0.3) is 0 Å². The predicted molar refractivity (Wildman–Crippen MR) is 94.7 cm³/mol. The Balaban J connectivity index is 1.94. The molecule has 0 bridgehead atoms. The summed E-state index contributed by atoms with van der Waals surface area (Å²) in [5, 5.41) is 2.76. The number of β-lactam (4-membered cyclic amide) rings is 1. The van der Waals surface area contributed by atoms with Crippen LogP contribution < -0.4 is 5.32 Å². The van der Waals surface area contributed by atoms with Crippen LogP contribution in [0, 0.1) is 5.92 Å². The van der Waals surface area contributed by atoms with Gasteiger partial charge < -0.3 is 14.5 Å². The standard InChI is InChI=1S/C16H29NO4SSi/c1-10(21-23(5,6)16(2,3)4)12-13(18)17-14(12)22-15(19)11-8-7-9-20-11/h10-12,14H,7-9H2,1-6H3,(H,17,18)/t10-,11-,12+,14-/m1/s1. The van der Waals surface area contributed by atoms with E-state index >= 15 is 0 Å². The Labute approximate surface area is 144 Å². The molecule has 7 heteroatoms. The van der Waals surface area contributed by atoms with Crippen molar-refractivity contribution in [1.29, 1.82) is 0 Å². The zero-order chi connectivity index (χ0) is 17.4. The minimum absolute atomic E-state index is 0.0196. The highest BCUT2D eigenvalue weighted by Gasteiger charge is 2.49. The Bertz CT molecular complexity index is 471. The van der Waals surface area contributed by atoms with Gasteiger partial charge in [0.05, 0.1) is 17.4 Å². The lowest BCUT2D eigenvalue weighted by Gasteiger charge is -2.44. The molecule has 5 nitrogen and oxygen atoms in total.